The van der Waals surface area contributed by atoms with Crippen LogP contribution in [0.4, 0.5) is 4.39 Å². The van der Waals surface area contributed by atoms with E-state index in [1.807, 2.05) is 18.2 Å². The van der Waals surface area contributed by atoms with Crippen LogP contribution in [0, 0.1) is 5.82 Å². The Kier molecular flexibility index (Phi) is 3.36. The lowest BCUT2D eigenvalue weighted by molar-refractivity contribution is -0.115. The van der Waals surface area contributed by atoms with Crippen molar-refractivity contribution in [3.63, 3.8) is 0 Å². The fourth-order valence-electron chi connectivity index (χ4n) is 2.16. The molecule has 3 rings (SSSR count). The fourth-order valence-corrected chi connectivity index (χ4v) is 2.87. The minimum Gasteiger partial charge on any atom is -0.456 e. The van der Waals surface area contributed by atoms with Crippen molar-refractivity contribution in [1.82, 2.24) is 0 Å². The normalized spacial score (nSPS) is 11.2. The zero-order valence-corrected chi connectivity index (χ0v) is 11.4. The van der Waals surface area contributed by atoms with E-state index >= 15 is 0 Å². The van der Waals surface area contributed by atoms with E-state index in [-0.39, 0.29) is 11.7 Å². The number of rotatable bonds is 4. The van der Waals surface area contributed by atoms with Gasteiger partial charge in [0.15, 0.2) is 0 Å². The number of thioether (sulfide) groups is 1. The number of halogens is 1. The van der Waals surface area contributed by atoms with Crippen LogP contribution in [0.1, 0.15) is 5.56 Å². The van der Waals surface area contributed by atoms with E-state index in [4.69, 9.17) is 10.2 Å². The highest BCUT2D eigenvalue weighted by Crippen LogP contribution is 2.30. The van der Waals surface area contributed by atoms with Crippen LogP contribution < -0.4 is 5.73 Å². The van der Waals surface area contributed by atoms with Crippen LogP contribution in [0.5, 0.6) is 0 Å². The predicted molar refractivity (Wildman–Crippen MR) is 79.0 cm³/mol. The molecule has 1 heterocycles. The molecule has 0 bridgehead atoms. The van der Waals surface area contributed by atoms with Crippen molar-refractivity contribution in [3.05, 3.63) is 47.8 Å². The molecule has 0 aliphatic carbocycles. The van der Waals surface area contributed by atoms with Crippen molar-refractivity contribution in [1.29, 1.82) is 0 Å². The van der Waals surface area contributed by atoms with Crippen LogP contribution in [0.3, 0.4) is 0 Å². The van der Waals surface area contributed by atoms with Gasteiger partial charge in [0, 0.05) is 16.5 Å². The maximum absolute atomic E-state index is 13.3. The molecule has 1 amide bonds. The molecule has 0 saturated carbocycles. The summed E-state index contributed by atoms with van der Waals surface area (Å²) in [5.41, 5.74) is 7.56. The van der Waals surface area contributed by atoms with Crippen molar-refractivity contribution in [2.45, 2.75) is 5.75 Å². The predicted octanol–water partition coefficient (Wildman–Crippen LogP) is 3.44. The number of furan rings is 1. The summed E-state index contributed by atoms with van der Waals surface area (Å²) in [5.74, 6) is 0.361. The Labute approximate surface area is 118 Å². The number of nitrogens with two attached hydrogens (primary N) is 1. The molecule has 0 saturated heterocycles. The average molecular weight is 289 g/mol. The molecular weight excluding hydrogens is 277 g/mol. The zero-order chi connectivity index (χ0) is 14.1. The van der Waals surface area contributed by atoms with Crippen molar-refractivity contribution in [2.24, 2.45) is 5.73 Å². The number of amides is 1. The second-order valence-corrected chi connectivity index (χ2v) is 5.52. The summed E-state index contributed by atoms with van der Waals surface area (Å²) in [6.07, 6.45) is 0. The largest absolute Gasteiger partial charge is 0.456 e. The van der Waals surface area contributed by atoms with Crippen molar-refractivity contribution in [2.75, 3.05) is 5.75 Å². The number of primary amides is 1. The van der Waals surface area contributed by atoms with Crippen LogP contribution in [-0.4, -0.2) is 11.7 Å². The molecule has 3 aromatic rings. The number of hydrogen-bond acceptors (Lipinski definition) is 3. The Morgan fingerprint density at radius 3 is 2.60 bits per heavy atom. The van der Waals surface area contributed by atoms with Crippen molar-refractivity contribution >= 4 is 39.6 Å². The smallest absolute Gasteiger partial charge is 0.227 e. The fraction of sp³-hybridized carbons (Fsp3) is 0.133. The lowest BCUT2D eigenvalue weighted by atomic mass is 10.1. The standard InChI is InChI=1S/C15H12FNO2S/c16-10-2-4-14-12(6-10)11-5-9(1-3-13(11)19-14)7-20-8-15(17)18/h1-6H,7-8H2,(H2,17,18). The van der Waals surface area contributed by atoms with Gasteiger partial charge in [-0.2, -0.15) is 0 Å². The van der Waals surface area contributed by atoms with Crippen LogP contribution in [0.15, 0.2) is 40.8 Å². The lowest BCUT2D eigenvalue weighted by Crippen LogP contribution is -2.13. The van der Waals surface area contributed by atoms with Crippen LogP contribution in [0.2, 0.25) is 0 Å². The third-order valence-electron chi connectivity index (χ3n) is 3.01. The molecule has 0 radical (unpaired) electrons. The summed E-state index contributed by atoms with van der Waals surface area (Å²) in [4.78, 5) is 10.7. The molecule has 2 N–H and O–H groups in total. The van der Waals surface area contributed by atoms with Gasteiger partial charge >= 0.3 is 0 Å². The van der Waals surface area contributed by atoms with Gasteiger partial charge in [0.1, 0.15) is 17.0 Å². The molecule has 0 aliphatic heterocycles. The summed E-state index contributed by atoms with van der Waals surface area (Å²) in [5, 5.41) is 1.65. The first-order valence-corrected chi connectivity index (χ1v) is 7.26. The van der Waals surface area contributed by atoms with E-state index in [0.717, 1.165) is 21.9 Å². The first-order chi connectivity index (χ1) is 9.63. The van der Waals surface area contributed by atoms with E-state index < -0.39 is 0 Å². The first-order valence-electron chi connectivity index (χ1n) is 6.10. The third-order valence-corrected chi connectivity index (χ3v) is 4.03. The maximum Gasteiger partial charge on any atom is 0.227 e. The highest BCUT2D eigenvalue weighted by molar-refractivity contribution is 7.99. The maximum atomic E-state index is 13.3. The lowest BCUT2D eigenvalue weighted by Gasteiger charge is -2.00. The second-order valence-electron chi connectivity index (χ2n) is 4.53. The molecule has 0 atom stereocenters. The van der Waals surface area contributed by atoms with Gasteiger partial charge in [0.2, 0.25) is 5.91 Å². The second kappa shape index (κ2) is 5.17. The Morgan fingerprint density at radius 1 is 1.15 bits per heavy atom. The van der Waals surface area contributed by atoms with Gasteiger partial charge in [-0.25, -0.2) is 4.39 Å². The molecule has 0 unspecified atom stereocenters. The molecule has 5 heteroatoms. The van der Waals surface area contributed by atoms with Gasteiger partial charge in [0.25, 0.3) is 0 Å². The number of fused-ring (bicyclic) bond motifs is 3. The third kappa shape index (κ3) is 2.49. The van der Waals surface area contributed by atoms with Crippen LogP contribution in [0.25, 0.3) is 21.9 Å². The summed E-state index contributed by atoms with van der Waals surface area (Å²) >= 11 is 1.45. The number of carbonyl (C=O) groups excluding carboxylic acids is 1. The Bertz CT molecular complexity index is 797. The van der Waals surface area contributed by atoms with Gasteiger partial charge in [-0.1, -0.05) is 6.07 Å². The topological polar surface area (TPSA) is 56.2 Å². The zero-order valence-electron chi connectivity index (χ0n) is 10.6. The minimum absolute atomic E-state index is 0.284. The SMILES string of the molecule is NC(=O)CSCc1ccc2oc3ccc(F)cc3c2c1. The first kappa shape index (κ1) is 13.0. The molecular formula is C15H12FNO2S. The summed E-state index contributed by atoms with van der Waals surface area (Å²) < 4.78 is 19.0. The Balaban J connectivity index is 1.98. The van der Waals surface area contributed by atoms with Crippen molar-refractivity contribution in [3.8, 4) is 0 Å². The van der Waals surface area contributed by atoms with E-state index in [9.17, 15) is 9.18 Å². The van der Waals surface area contributed by atoms with Gasteiger partial charge in [-0.05, 0) is 35.9 Å². The molecule has 0 fully saturated rings. The highest BCUT2D eigenvalue weighted by Gasteiger charge is 2.08. The average Bonchev–Trinajstić information content (AvgIpc) is 2.76. The Morgan fingerprint density at radius 2 is 1.85 bits per heavy atom. The van der Waals surface area contributed by atoms with Crippen LogP contribution in [-0.2, 0) is 10.5 Å². The van der Waals surface area contributed by atoms with E-state index in [1.165, 1.54) is 23.9 Å². The number of hydrogen-bond donors (Lipinski definition) is 1. The van der Waals surface area contributed by atoms with Gasteiger partial charge in [0.05, 0.1) is 5.75 Å². The Hall–Kier alpha value is -2.01. The summed E-state index contributed by atoms with van der Waals surface area (Å²) in [6.45, 7) is 0. The van der Waals surface area contributed by atoms with Gasteiger partial charge in [-0.15, -0.1) is 11.8 Å². The molecule has 3 nitrogen and oxygen atoms in total. The van der Waals surface area contributed by atoms with Gasteiger partial charge < -0.3 is 10.2 Å². The summed E-state index contributed by atoms with van der Waals surface area (Å²) in [6, 6.07) is 10.3. The molecule has 0 aliphatic rings. The molecule has 20 heavy (non-hydrogen) atoms. The molecule has 1 aromatic heterocycles. The van der Waals surface area contributed by atoms with Crippen LogP contribution >= 0.6 is 11.8 Å². The van der Waals surface area contributed by atoms with E-state index in [1.54, 1.807) is 6.07 Å². The minimum atomic E-state index is -0.327. The summed E-state index contributed by atoms with van der Waals surface area (Å²) in [7, 11) is 0. The number of benzene rings is 2. The molecule has 102 valence electrons. The quantitative estimate of drug-likeness (QED) is 0.800. The molecule has 0 spiro atoms. The monoisotopic (exact) mass is 289 g/mol. The van der Waals surface area contributed by atoms with Crippen molar-refractivity contribution < 1.29 is 13.6 Å². The van der Waals surface area contributed by atoms with E-state index in [0.29, 0.717) is 17.1 Å². The van der Waals surface area contributed by atoms with E-state index in [2.05, 4.69) is 0 Å². The molecule has 2 aromatic carbocycles. The number of carbonyl (C=O) groups is 1. The van der Waals surface area contributed by atoms with Gasteiger partial charge in [-0.3, -0.25) is 4.79 Å². The highest BCUT2D eigenvalue weighted by atomic mass is 32.2.